The van der Waals surface area contributed by atoms with E-state index >= 15 is 0 Å². The second-order valence-electron chi connectivity index (χ2n) is 18.1. The molecule has 4 saturated carbocycles. The lowest BCUT2D eigenvalue weighted by atomic mass is 9.36. The normalized spacial score (nSPS) is 37.7. The number of fused-ring (bicyclic) bond motifs is 7. The molecule has 3 N–H and O–H groups in total. The van der Waals surface area contributed by atoms with Gasteiger partial charge in [0.05, 0.1) is 16.9 Å². The Morgan fingerprint density at radius 1 is 0.800 bits per heavy atom. The Balaban J connectivity index is 1.03. The maximum atomic E-state index is 14.1. The fraction of sp³-hybridized carbons (Fsp3) is 0.714. The number of aliphatic carboxylic acids is 1. The summed E-state index contributed by atoms with van der Waals surface area (Å²) in [6.45, 7) is 11.3. The van der Waals surface area contributed by atoms with Gasteiger partial charge < -0.3 is 20.4 Å². The number of carboxylic acids is 2. The first kappa shape index (κ1) is 35.3. The number of carboxylic acid groups (broad SMARTS) is 2. The number of likely N-dealkylation sites (tertiary alicyclic amines) is 1. The zero-order chi connectivity index (χ0) is 35.6. The fourth-order valence-corrected chi connectivity index (χ4v) is 13.5. The molecule has 4 unspecified atom stereocenters. The summed E-state index contributed by atoms with van der Waals surface area (Å²) in [4.78, 5) is 51.6. The number of benzene rings is 1. The van der Waals surface area contributed by atoms with E-state index in [2.05, 4.69) is 39.1 Å². The minimum absolute atomic E-state index is 0.0117. The summed E-state index contributed by atoms with van der Waals surface area (Å²) in [5.41, 5.74) is 2.96. The topological polar surface area (TPSA) is 124 Å². The van der Waals surface area contributed by atoms with E-state index in [0.717, 1.165) is 44.1 Å². The minimum Gasteiger partial charge on any atom is -0.481 e. The molecule has 272 valence electrons. The Morgan fingerprint density at radius 2 is 1.52 bits per heavy atom. The molecule has 1 heterocycles. The van der Waals surface area contributed by atoms with E-state index in [0.29, 0.717) is 67.6 Å². The third-order valence-corrected chi connectivity index (χ3v) is 15.8. The molecule has 0 bridgehead atoms. The molecule has 1 aromatic rings. The Bertz CT molecular complexity index is 1560. The van der Waals surface area contributed by atoms with Crippen LogP contribution in [0.5, 0.6) is 0 Å². The van der Waals surface area contributed by atoms with Crippen LogP contribution in [0.1, 0.15) is 127 Å². The third kappa shape index (κ3) is 5.53. The first-order chi connectivity index (χ1) is 23.7. The smallest absolute Gasteiger partial charge is 0.335 e. The lowest BCUT2D eigenvalue weighted by Gasteiger charge is -2.68. The van der Waals surface area contributed by atoms with Crippen molar-refractivity contribution < 1.29 is 29.4 Å². The largest absolute Gasteiger partial charge is 0.481 e. The van der Waals surface area contributed by atoms with Crippen LogP contribution in [-0.4, -0.2) is 58.5 Å². The van der Waals surface area contributed by atoms with Crippen molar-refractivity contribution in [3.8, 4) is 0 Å². The van der Waals surface area contributed by atoms with Gasteiger partial charge in [0, 0.05) is 26.1 Å². The van der Waals surface area contributed by atoms with Crippen LogP contribution in [0.15, 0.2) is 30.3 Å². The Labute approximate surface area is 297 Å². The molecule has 8 atom stereocenters. The summed E-state index contributed by atoms with van der Waals surface area (Å²) in [6.07, 6.45) is 14.9. The summed E-state index contributed by atoms with van der Waals surface area (Å²) < 4.78 is 0. The van der Waals surface area contributed by atoms with Crippen LogP contribution in [0.2, 0.25) is 0 Å². The quantitative estimate of drug-likeness (QED) is 0.271. The number of carbonyl (C=O) groups is 4. The molecule has 7 rings (SSSR count). The van der Waals surface area contributed by atoms with Crippen molar-refractivity contribution in [3.63, 3.8) is 0 Å². The van der Waals surface area contributed by atoms with E-state index in [1.54, 1.807) is 17.0 Å². The van der Waals surface area contributed by atoms with E-state index in [-0.39, 0.29) is 45.8 Å². The van der Waals surface area contributed by atoms with E-state index in [4.69, 9.17) is 0 Å². The van der Waals surface area contributed by atoms with Gasteiger partial charge in [-0.25, -0.2) is 4.79 Å². The van der Waals surface area contributed by atoms with E-state index in [1.165, 1.54) is 31.3 Å². The highest BCUT2D eigenvalue weighted by molar-refractivity contribution is 5.88. The average Bonchev–Trinajstić information content (AvgIpc) is 3.54. The maximum absolute atomic E-state index is 14.1. The predicted molar refractivity (Wildman–Crippen MR) is 192 cm³/mol. The number of piperidine rings is 1. The Morgan fingerprint density at radius 3 is 2.20 bits per heavy atom. The Kier molecular flexibility index (Phi) is 9.03. The van der Waals surface area contributed by atoms with Gasteiger partial charge in [0.15, 0.2) is 0 Å². The molecular formula is C42H58N2O6. The van der Waals surface area contributed by atoms with Crippen molar-refractivity contribution >= 4 is 29.3 Å². The van der Waals surface area contributed by atoms with Crippen molar-refractivity contribution in [2.24, 2.45) is 57.2 Å². The predicted octanol–water partition coefficient (Wildman–Crippen LogP) is 7.67. The summed E-state index contributed by atoms with van der Waals surface area (Å²) in [7, 11) is 0. The standard InChI is InChI=1S/C42H58N2O6/c1-39(2)30(26-7-9-27(10-8-26)36(46)47)13-20-41(4)33(39)15-21-40(3)31-14-22-42(19-5-6-32(42)29(31)11-12-34(40)41)38(50)43-23-16-35(45)44-24-17-28(18-25-44)37(48)49/h7-10,13,28-29,31-34H,5-6,11-12,14-25H2,1-4H3,(H,43,50)(H,46,47)(H,48,49)/t29-,31?,32?,33?,34?,40-,41-,42-/m0/s1. The zero-order valence-electron chi connectivity index (χ0n) is 30.6. The van der Waals surface area contributed by atoms with Crippen molar-refractivity contribution in [3.05, 3.63) is 41.5 Å². The number of amides is 2. The number of nitrogens with zero attached hydrogens (tertiary/aromatic N) is 1. The summed E-state index contributed by atoms with van der Waals surface area (Å²) in [6, 6.07) is 7.47. The summed E-state index contributed by atoms with van der Waals surface area (Å²) >= 11 is 0. The molecule has 0 spiro atoms. The molecule has 5 fully saturated rings. The number of carbonyl (C=O) groups excluding carboxylic acids is 2. The molecule has 0 radical (unpaired) electrons. The monoisotopic (exact) mass is 686 g/mol. The van der Waals surface area contributed by atoms with E-state index in [9.17, 15) is 29.4 Å². The van der Waals surface area contributed by atoms with Crippen LogP contribution >= 0.6 is 0 Å². The highest BCUT2D eigenvalue weighted by atomic mass is 16.4. The van der Waals surface area contributed by atoms with Gasteiger partial charge in [0.2, 0.25) is 11.8 Å². The highest BCUT2D eigenvalue weighted by Gasteiger charge is 2.66. The molecule has 2 amide bonds. The molecule has 50 heavy (non-hydrogen) atoms. The zero-order valence-corrected chi connectivity index (χ0v) is 30.6. The van der Waals surface area contributed by atoms with Gasteiger partial charge in [-0.15, -0.1) is 0 Å². The fourth-order valence-electron chi connectivity index (χ4n) is 13.5. The lowest BCUT2D eigenvalue weighted by Crippen LogP contribution is -2.62. The number of rotatable bonds is 7. The summed E-state index contributed by atoms with van der Waals surface area (Å²) in [5, 5.41) is 22.0. The number of allylic oxidation sites excluding steroid dienone is 2. The average molecular weight is 687 g/mol. The second kappa shape index (κ2) is 12.8. The van der Waals surface area contributed by atoms with Gasteiger partial charge in [0.1, 0.15) is 0 Å². The molecule has 5 aliphatic carbocycles. The molecular weight excluding hydrogens is 628 g/mol. The number of aromatic carboxylic acids is 1. The number of hydrogen-bond acceptors (Lipinski definition) is 4. The van der Waals surface area contributed by atoms with Crippen LogP contribution in [0.4, 0.5) is 0 Å². The van der Waals surface area contributed by atoms with Gasteiger partial charge in [-0.1, -0.05) is 52.3 Å². The molecule has 0 aromatic heterocycles. The van der Waals surface area contributed by atoms with Gasteiger partial charge in [-0.2, -0.15) is 0 Å². The summed E-state index contributed by atoms with van der Waals surface area (Å²) in [5.74, 6) is 0.964. The van der Waals surface area contributed by atoms with Crippen LogP contribution in [0.3, 0.4) is 0 Å². The minimum atomic E-state index is -0.888. The molecule has 1 aromatic carbocycles. The molecule has 1 aliphatic heterocycles. The molecule has 8 heteroatoms. The van der Waals surface area contributed by atoms with Crippen molar-refractivity contribution in [2.75, 3.05) is 19.6 Å². The maximum Gasteiger partial charge on any atom is 0.335 e. The first-order valence-electron chi connectivity index (χ1n) is 19.6. The van der Waals surface area contributed by atoms with Crippen LogP contribution in [0.25, 0.3) is 5.57 Å². The van der Waals surface area contributed by atoms with Gasteiger partial charge in [-0.3, -0.25) is 14.4 Å². The highest BCUT2D eigenvalue weighted by Crippen LogP contribution is 2.73. The molecule has 1 saturated heterocycles. The lowest BCUT2D eigenvalue weighted by molar-refractivity contribution is -0.181. The van der Waals surface area contributed by atoms with Gasteiger partial charge >= 0.3 is 11.9 Å². The number of hydrogen-bond donors (Lipinski definition) is 3. The molecule has 6 aliphatic rings. The van der Waals surface area contributed by atoms with Crippen LogP contribution < -0.4 is 5.32 Å². The second-order valence-corrected chi connectivity index (χ2v) is 18.1. The van der Waals surface area contributed by atoms with Gasteiger partial charge in [-0.05, 0) is 140 Å². The SMILES string of the molecule is CC1(C)C(c2ccc(C(=O)O)cc2)=CC[C@@]2(C)C1CC[C@@]1(C)C3CC[C@@]4(C(=O)NCCC(=O)N5CCC(C(=O)O)CC5)CCCC4[C@H]3CCC12. The van der Waals surface area contributed by atoms with Crippen molar-refractivity contribution in [1.29, 1.82) is 0 Å². The Hall–Kier alpha value is -3.16. The van der Waals surface area contributed by atoms with E-state index < -0.39 is 11.9 Å². The third-order valence-electron chi connectivity index (χ3n) is 15.8. The van der Waals surface area contributed by atoms with Crippen LogP contribution in [-0.2, 0) is 14.4 Å². The number of nitrogens with one attached hydrogen (secondary N) is 1. The van der Waals surface area contributed by atoms with Crippen LogP contribution in [0, 0.1) is 57.2 Å². The van der Waals surface area contributed by atoms with Crippen molar-refractivity contribution in [1.82, 2.24) is 10.2 Å². The van der Waals surface area contributed by atoms with E-state index in [1.807, 2.05) is 12.1 Å². The first-order valence-corrected chi connectivity index (χ1v) is 19.6. The molecule has 8 nitrogen and oxygen atoms in total. The van der Waals surface area contributed by atoms with Gasteiger partial charge in [0.25, 0.3) is 0 Å². The van der Waals surface area contributed by atoms with Crippen molar-refractivity contribution in [2.45, 2.75) is 111 Å².